The van der Waals surface area contributed by atoms with Crippen LogP contribution in [0.4, 0.5) is 0 Å². The molecule has 1 fully saturated rings. The zero-order valence-corrected chi connectivity index (χ0v) is 10.1. The van der Waals surface area contributed by atoms with Crippen molar-refractivity contribution in [2.45, 2.75) is 58.1 Å². The van der Waals surface area contributed by atoms with Gasteiger partial charge in [-0.25, -0.2) is 0 Å². The van der Waals surface area contributed by atoms with Crippen molar-refractivity contribution in [3.05, 3.63) is 18.0 Å². The van der Waals surface area contributed by atoms with Crippen LogP contribution in [0.3, 0.4) is 0 Å². The van der Waals surface area contributed by atoms with Crippen LogP contribution in [-0.4, -0.2) is 14.9 Å². The van der Waals surface area contributed by atoms with Crippen molar-refractivity contribution in [3.8, 4) is 0 Å². The first-order chi connectivity index (χ1) is 7.81. The number of hydrogen-bond donors (Lipinski definition) is 1. The summed E-state index contributed by atoms with van der Waals surface area (Å²) in [7, 11) is 0. The lowest BCUT2D eigenvalue weighted by atomic mass is 9.83. The molecule has 1 heterocycles. The van der Waals surface area contributed by atoms with Crippen LogP contribution >= 0.6 is 0 Å². The average molecular weight is 222 g/mol. The molecule has 1 aromatic rings. The van der Waals surface area contributed by atoms with E-state index in [1.165, 1.54) is 32.1 Å². The Morgan fingerprint density at radius 2 is 2.19 bits per heavy atom. The van der Waals surface area contributed by atoms with Gasteiger partial charge in [-0.15, -0.1) is 0 Å². The van der Waals surface area contributed by atoms with Gasteiger partial charge in [0.1, 0.15) is 0 Å². The lowest BCUT2D eigenvalue weighted by Gasteiger charge is -2.25. The molecule has 0 spiro atoms. The van der Waals surface area contributed by atoms with Crippen molar-refractivity contribution >= 4 is 0 Å². The molecule has 90 valence electrons. The van der Waals surface area contributed by atoms with Gasteiger partial charge in [0.2, 0.25) is 0 Å². The fourth-order valence-electron chi connectivity index (χ4n) is 2.61. The Balaban J connectivity index is 1.98. The smallest absolute Gasteiger partial charge is 0.0848 e. The van der Waals surface area contributed by atoms with E-state index in [2.05, 4.69) is 12.0 Å². The van der Waals surface area contributed by atoms with Crippen molar-refractivity contribution in [1.29, 1.82) is 0 Å². The van der Waals surface area contributed by atoms with Crippen LogP contribution in [0.15, 0.2) is 12.4 Å². The highest BCUT2D eigenvalue weighted by Crippen LogP contribution is 2.33. The zero-order valence-electron chi connectivity index (χ0n) is 10.1. The third kappa shape index (κ3) is 2.64. The van der Waals surface area contributed by atoms with Crippen molar-refractivity contribution in [3.63, 3.8) is 0 Å². The summed E-state index contributed by atoms with van der Waals surface area (Å²) in [6.07, 6.45) is 10.8. The van der Waals surface area contributed by atoms with Gasteiger partial charge in [0.05, 0.1) is 12.3 Å². The minimum absolute atomic E-state index is 0.300. The summed E-state index contributed by atoms with van der Waals surface area (Å²) < 4.78 is 1.93. The van der Waals surface area contributed by atoms with Crippen molar-refractivity contribution in [2.24, 2.45) is 5.92 Å². The van der Waals surface area contributed by atoms with E-state index in [4.69, 9.17) is 0 Å². The van der Waals surface area contributed by atoms with Crippen LogP contribution < -0.4 is 0 Å². The molecule has 1 aliphatic carbocycles. The summed E-state index contributed by atoms with van der Waals surface area (Å²) >= 11 is 0. The van der Waals surface area contributed by atoms with Gasteiger partial charge < -0.3 is 5.11 Å². The number of aryl methyl sites for hydroxylation is 1. The normalized spacial score (nSPS) is 19.9. The van der Waals surface area contributed by atoms with Gasteiger partial charge >= 0.3 is 0 Å². The third-order valence-electron chi connectivity index (χ3n) is 3.54. The Hall–Kier alpha value is -0.830. The molecule has 1 atom stereocenters. The SMILES string of the molecule is CCCn1cc(C(O)C2CCCCC2)cn1. The lowest BCUT2D eigenvalue weighted by molar-refractivity contribution is 0.0847. The van der Waals surface area contributed by atoms with Crippen molar-refractivity contribution < 1.29 is 5.11 Å². The van der Waals surface area contributed by atoms with Gasteiger partial charge in [0.15, 0.2) is 0 Å². The number of aromatic nitrogens is 2. The zero-order chi connectivity index (χ0) is 11.4. The van der Waals surface area contributed by atoms with Gasteiger partial charge in [-0.05, 0) is 25.2 Å². The number of hydrogen-bond acceptors (Lipinski definition) is 2. The number of aliphatic hydroxyl groups is 1. The van der Waals surface area contributed by atoms with Crippen molar-refractivity contribution in [1.82, 2.24) is 9.78 Å². The lowest BCUT2D eigenvalue weighted by Crippen LogP contribution is -2.15. The standard InChI is InChI=1S/C13H22N2O/c1-2-8-15-10-12(9-14-15)13(16)11-6-4-3-5-7-11/h9-11,13,16H,2-8H2,1H3. The van der Waals surface area contributed by atoms with Crippen LogP contribution in [0.2, 0.25) is 0 Å². The second-order valence-electron chi connectivity index (χ2n) is 4.88. The minimum Gasteiger partial charge on any atom is -0.388 e. The highest BCUT2D eigenvalue weighted by atomic mass is 16.3. The van der Waals surface area contributed by atoms with Gasteiger partial charge in [-0.2, -0.15) is 5.10 Å². The summed E-state index contributed by atoms with van der Waals surface area (Å²) in [4.78, 5) is 0. The second-order valence-corrected chi connectivity index (χ2v) is 4.88. The molecular weight excluding hydrogens is 200 g/mol. The molecule has 1 saturated carbocycles. The Morgan fingerprint density at radius 3 is 2.88 bits per heavy atom. The number of aliphatic hydroxyl groups excluding tert-OH is 1. The highest BCUT2D eigenvalue weighted by Gasteiger charge is 2.23. The summed E-state index contributed by atoms with van der Waals surface area (Å²) in [5, 5.41) is 14.6. The van der Waals surface area contributed by atoms with Gasteiger partial charge in [0, 0.05) is 18.3 Å². The maximum Gasteiger partial charge on any atom is 0.0848 e. The van der Waals surface area contributed by atoms with Crippen molar-refractivity contribution in [2.75, 3.05) is 0 Å². The summed E-state index contributed by atoms with van der Waals surface area (Å²) in [5.41, 5.74) is 1.00. The highest BCUT2D eigenvalue weighted by molar-refractivity contribution is 5.09. The Kier molecular flexibility index (Phi) is 3.99. The predicted molar refractivity (Wildman–Crippen MR) is 64.1 cm³/mol. The van der Waals surface area contributed by atoms with E-state index in [1.54, 1.807) is 0 Å². The quantitative estimate of drug-likeness (QED) is 0.850. The largest absolute Gasteiger partial charge is 0.388 e. The fourth-order valence-corrected chi connectivity index (χ4v) is 2.61. The molecule has 1 aromatic heterocycles. The van der Waals surface area contributed by atoms with E-state index in [-0.39, 0.29) is 6.10 Å². The molecule has 16 heavy (non-hydrogen) atoms. The molecule has 3 heteroatoms. The first-order valence-electron chi connectivity index (χ1n) is 6.51. The third-order valence-corrected chi connectivity index (χ3v) is 3.54. The fraction of sp³-hybridized carbons (Fsp3) is 0.769. The number of nitrogens with zero attached hydrogens (tertiary/aromatic N) is 2. The molecule has 0 aliphatic heterocycles. The minimum atomic E-state index is -0.300. The molecule has 0 aromatic carbocycles. The van der Waals surface area contributed by atoms with Crippen LogP contribution in [-0.2, 0) is 6.54 Å². The average Bonchev–Trinajstić information content (AvgIpc) is 2.78. The Labute approximate surface area is 97.5 Å². The predicted octanol–water partition coefficient (Wildman–Crippen LogP) is 2.91. The van der Waals surface area contributed by atoms with E-state index in [9.17, 15) is 5.11 Å². The molecular formula is C13H22N2O. The van der Waals surface area contributed by atoms with Crippen LogP contribution in [0, 0.1) is 5.92 Å². The molecule has 3 nitrogen and oxygen atoms in total. The van der Waals surface area contributed by atoms with E-state index >= 15 is 0 Å². The summed E-state index contributed by atoms with van der Waals surface area (Å²) in [5.74, 6) is 0.452. The van der Waals surface area contributed by atoms with E-state index in [1.807, 2.05) is 17.1 Å². The first-order valence-corrected chi connectivity index (χ1v) is 6.51. The number of rotatable bonds is 4. The maximum atomic E-state index is 10.3. The van der Waals surface area contributed by atoms with Crippen LogP contribution in [0.5, 0.6) is 0 Å². The van der Waals surface area contributed by atoms with Crippen LogP contribution in [0.1, 0.15) is 57.1 Å². The van der Waals surface area contributed by atoms with Gasteiger partial charge in [0.25, 0.3) is 0 Å². The van der Waals surface area contributed by atoms with E-state index < -0.39 is 0 Å². The second kappa shape index (κ2) is 5.48. The molecule has 0 radical (unpaired) electrons. The van der Waals surface area contributed by atoms with E-state index in [0.717, 1.165) is 18.5 Å². The summed E-state index contributed by atoms with van der Waals surface area (Å²) in [6.45, 7) is 3.08. The van der Waals surface area contributed by atoms with Crippen LogP contribution in [0.25, 0.3) is 0 Å². The molecule has 1 unspecified atom stereocenters. The first kappa shape index (κ1) is 11.6. The molecule has 2 rings (SSSR count). The molecule has 1 aliphatic rings. The Bertz CT molecular complexity index is 315. The monoisotopic (exact) mass is 222 g/mol. The van der Waals surface area contributed by atoms with Gasteiger partial charge in [-0.3, -0.25) is 4.68 Å². The molecule has 0 amide bonds. The van der Waals surface area contributed by atoms with E-state index in [0.29, 0.717) is 5.92 Å². The maximum absolute atomic E-state index is 10.3. The molecule has 0 saturated heterocycles. The topological polar surface area (TPSA) is 38.0 Å². The van der Waals surface area contributed by atoms with Gasteiger partial charge in [-0.1, -0.05) is 26.2 Å². The summed E-state index contributed by atoms with van der Waals surface area (Å²) in [6, 6.07) is 0. The Morgan fingerprint density at radius 1 is 1.44 bits per heavy atom. The molecule has 1 N–H and O–H groups in total. The molecule has 0 bridgehead atoms.